The number of carboxylic acid groups (broad SMARTS) is 1. The quantitative estimate of drug-likeness (QED) is 0.0451. The number of nitrogens with zero attached hydrogens (tertiary/aromatic N) is 6. The van der Waals surface area contributed by atoms with Crippen LogP contribution >= 0.6 is 0 Å². The zero-order valence-corrected chi connectivity index (χ0v) is 28.0. The molecule has 5 aromatic rings. The lowest BCUT2D eigenvalue weighted by molar-refractivity contribution is 0.0693. The van der Waals surface area contributed by atoms with Crippen LogP contribution in [0.5, 0.6) is 11.5 Å². The fourth-order valence-corrected chi connectivity index (χ4v) is 6.29. The lowest BCUT2D eigenvalue weighted by Crippen LogP contribution is -2.02. The summed E-state index contributed by atoms with van der Waals surface area (Å²) >= 11 is 0. The number of phenolic OH excluding ortho intramolecular Hbond substituents is 1. The average molecular weight is 772 g/mol. The molecule has 0 aliphatic heterocycles. The molecule has 268 valence electrons. The first kappa shape index (κ1) is 37.0. The van der Waals surface area contributed by atoms with Gasteiger partial charge in [0, 0.05) is 5.39 Å². The maximum atomic E-state index is 12.3. The summed E-state index contributed by atoms with van der Waals surface area (Å²) in [4.78, 5) is 8.59. The van der Waals surface area contributed by atoms with Crippen molar-refractivity contribution in [2.45, 2.75) is 14.7 Å². The van der Waals surface area contributed by atoms with Crippen molar-refractivity contribution in [1.29, 1.82) is 0 Å². The Labute approximate surface area is 292 Å². The zero-order chi connectivity index (χ0) is 38.2. The molecule has 20 nitrogen and oxygen atoms in total. The summed E-state index contributed by atoms with van der Waals surface area (Å²) < 4.78 is 100. The lowest BCUT2D eigenvalue weighted by atomic mass is 10.1. The number of hydrogen-bond acceptors (Lipinski definition) is 16. The van der Waals surface area contributed by atoms with Gasteiger partial charge in [-0.3, -0.25) is 13.7 Å². The number of anilines is 1. The maximum absolute atomic E-state index is 12.3. The topological polar surface area (TPSA) is 341 Å². The van der Waals surface area contributed by atoms with Crippen molar-refractivity contribution in [2.24, 2.45) is 30.7 Å². The van der Waals surface area contributed by atoms with E-state index in [1.165, 1.54) is 30.3 Å². The largest absolute Gasteiger partial charge is 0.507 e. The van der Waals surface area contributed by atoms with Gasteiger partial charge in [-0.1, -0.05) is 6.07 Å². The first-order chi connectivity index (χ1) is 24.2. The predicted molar refractivity (Wildman–Crippen MR) is 180 cm³/mol. The van der Waals surface area contributed by atoms with Crippen molar-refractivity contribution in [1.82, 2.24) is 0 Å². The van der Waals surface area contributed by atoms with E-state index in [4.69, 9.17) is 10.8 Å². The van der Waals surface area contributed by atoms with Crippen LogP contribution in [0.3, 0.4) is 0 Å². The van der Waals surface area contributed by atoms with Gasteiger partial charge in [-0.2, -0.15) is 40.6 Å². The molecule has 0 aliphatic rings. The second kappa shape index (κ2) is 13.8. The van der Waals surface area contributed by atoms with Gasteiger partial charge in [-0.25, -0.2) is 4.79 Å². The van der Waals surface area contributed by atoms with Gasteiger partial charge in [0.25, 0.3) is 30.4 Å². The predicted octanol–water partition coefficient (Wildman–Crippen LogP) is 6.52. The second-order valence-electron chi connectivity index (χ2n) is 10.3. The van der Waals surface area contributed by atoms with Crippen LogP contribution in [0.25, 0.3) is 10.8 Å². The third-order valence-corrected chi connectivity index (χ3v) is 9.54. The van der Waals surface area contributed by atoms with Crippen molar-refractivity contribution in [3.8, 4) is 11.5 Å². The van der Waals surface area contributed by atoms with Crippen molar-refractivity contribution in [3.05, 3.63) is 84.4 Å². The van der Waals surface area contributed by atoms with Crippen LogP contribution in [0.4, 0.5) is 39.8 Å². The number of phenols is 2. The highest BCUT2D eigenvalue weighted by atomic mass is 32.2. The Morgan fingerprint density at radius 2 is 1.10 bits per heavy atom. The summed E-state index contributed by atoms with van der Waals surface area (Å²) in [7, 11) is -15.0. The number of aromatic hydroxyl groups is 2. The van der Waals surface area contributed by atoms with Gasteiger partial charge >= 0.3 is 5.97 Å². The second-order valence-corrected chi connectivity index (χ2v) is 14.5. The average Bonchev–Trinajstić information content (AvgIpc) is 3.06. The number of nitrogen functional groups attached to an aromatic ring is 1. The standard InChI is InChI=1S/C29H21N7O13S3/c30-27-22(36-35-21-12-17(50(41,42)43)6-10-24(21)51(44,45)46)13-25(52(47,48)49)18-7-8-20(28(38)26(18)27)34-32-15-3-1-14(2-4-15)31-33-16-5-9-23(37)19(11-16)29(39)40/h1-13,37-38H,30H2,(H,39,40)(H,41,42,43)(H,44,45,46)(H,47,48,49). The van der Waals surface area contributed by atoms with Gasteiger partial charge in [-0.15, -0.1) is 15.3 Å². The molecule has 8 N–H and O–H groups in total. The zero-order valence-electron chi connectivity index (χ0n) is 25.5. The molecule has 0 aliphatic carbocycles. The third kappa shape index (κ3) is 8.04. The van der Waals surface area contributed by atoms with E-state index in [9.17, 15) is 53.9 Å². The molecule has 0 aromatic heterocycles. The van der Waals surface area contributed by atoms with E-state index < -0.39 is 85.0 Å². The van der Waals surface area contributed by atoms with Crippen LogP contribution < -0.4 is 5.73 Å². The monoisotopic (exact) mass is 771 g/mol. The molecule has 0 unspecified atom stereocenters. The summed E-state index contributed by atoms with van der Waals surface area (Å²) in [5, 5.41) is 52.3. The number of aromatic carboxylic acids is 1. The first-order valence-corrected chi connectivity index (χ1v) is 18.1. The molecule has 0 fully saturated rings. The number of hydrogen-bond donors (Lipinski definition) is 7. The Kier molecular flexibility index (Phi) is 9.84. The van der Waals surface area contributed by atoms with Crippen LogP contribution in [0, 0.1) is 0 Å². The highest BCUT2D eigenvalue weighted by Gasteiger charge is 2.24. The minimum Gasteiger partial charge on any atom is -0.507 e. The Morgan fingerprint density at radius 3 is 1.67 bits per heavy atom. The molecule has 0 atom stereocenters. The number of carboxylic acids is 1. The molecule has 0 amide bonds. The van der Waals surface area contributed by atoms with Gasteiger partial charge < -0.3 is 21.1 Å². The molecule has 23 heteroatoms. The molecule has 5 rings (SSSR count). The Morgan fingerprint density at radius 1 is 0.558 bits per heavy atom. The molecular formula is C29H21N7O13S3. The minimum atomic E-state index is -5.05. The van der Waals surface area contributed by atoms with E-state index >= 15 is 0 Å². The number of benzene rings is 5. The van der Waals surface area contributed by atoms with E-state index in [0.29, 0.717) is 23.9 Å². The fraction of sp³-hybridized carbons (Fsp3) is 0. The van der Waals surface area contributed by atoms with Crippen LogP contribution in [-0.4, -0.2) is 60.2 Å². The molecule has 0 spiro atoms. The summed E-state index contributed by atoms with van der Waals surface area (Å²) in [5.74, 6) is -2.54. The normalized spacial score (nSPS) is 12.8. The summed E-state index contributed by atoms with van der Waals surface area (Å²) in [5.41, 5.74) is 4.39. The molecular weight excluding hydrogens is 751 g/mol. The maximum Gasteiger partial charge on any atom is 0.339 e. The highest BCUT2D eigenvalue weighted by molar-refractivity contribution is 7.86. The highest BCUT2D eigenvalue weighted by Crippen LogP contribution is 2.45. The fourth-order valence-electron chi connectivity index (χ4n) is 4.47. The molecule has 52 heavy (non-hydrogen) atoms. The smallest absolute Gasteiger partial charge is 0.339 e. The number of nitrogens with two attached hydrogens (primary N) is 1. The summed E-state index contributed by atoms with van der Waals surface area (Å²) in [6.07, 6.45) is 0. The molecule has 0 radical (unpaired) electrons. The lowest BCUT2D eigenvalue weighted by Gasteiger charge is -2.12. The van der Waals surface area contributed by atoms with Crippen LogP contribution in [-0.2, 0) is 30.4 Å². The number of azo groups is 3. The van der Waals surface area contributed by atoms with E-state index in [1.807, 2.05) is 0 Å². The Hall–Kier alpha value is -6.24. The molecule has 0 heterocycles. The summed E-state index contributed by atoms with van der Waals surface area (Å²) in [6.45, 7) is 0. The Bertz CT molecular complexity index is 2720. The van der Waals surface area contributed by atoms with E-state index in [2.05, 4.69) is 30.7 Å². The van der Waals surface area contributed by atoms with Crippen molar-refractivity contribution < 1.29 is 59.0 Å². The number of rotatable bonds is 10. The van der Waals surface area contributed by atoms with Crippen LogP contribution in [0.1, 0.15) is 10.4 Å². The van der Waals surface area contributed by atoms with Gasteiger partial charge in [0.1, 0.15) is 38.2 Å². The van der Waals surface area contributed by atoms with Gasteiger partial charge in [0.05, 0.1) is 33.0 Å². The van der Waals surface area contributed by atoms with Crippen LogP contribution in [0.2, 0.25) is 0 Å². The van der Waals surface area contributed by atoms with Crippen molar-refractivity contribution in [3.63, 3.8) is 0 Å². The first-order valence-electron chi connectivity index (χ1n) is 13.8. The number of fused-ring (bicyclic) bond motifs is 1. The summed E-state index contributed by atoms with van der Waals surface area (Å²) in [6, 6.07) is 14.3. The molecule has 0 bridgehead atoms. The van der Waals surface area contributed by atoms with Crippen LogP contribution in [0.15, 0.2) is 124 Å². The Balaban J connectivity index is 1.52. The van der Waals surface area contributed by atoms with E-state index in [0.717, 1.165) is 30.3 Å². The molecule has 0 saturated carbocycles. The van der Waals surface area contributed by atoms with Gasteiger partial charge in [0.15, 0.2) is 5.75 Å². The third-order valence-electron chi connectivity index (χ3n) is 6.90. The SMILES string of the molecule is Nc1c(N=Nc2cc(S(=O)(=O)O)ccc2S(=O)(=O)O)cc(S(=O)(=O)O)c2ccc(N=Nc3ccc(N=Nc4ccc(O)c(C(=O)O)c4)cc3)c(O)c12. The molecule has 0 saturated heterocycles. The van der Waals surface area contributed by atoms with E-state index in [1.54, 1.807) is 0 Å². The minimum absolute atomic E-state index is 0.154. The van der Waals surface area contributed by atoms with Crippen molar-refractivity contribution >= 4 is 86.9 Å². The molecule has 5 aromatic carbocycles. The van der Waals surface area contributed by atoms with E-state index in [-0.39, 0.29) is 28.0 Å². The van der Waals surface area contributed by atoms with Crippen molar-refractivity contribution in [2.75, 3.05) is 5.73 Å². The van der Waals surface area contributed by atoms with Gasteiger partial charge in [0.2, 0.25) is 0 Å². The van der Waals surface area contributed by atoms with Gasteiger partial charge in [-0.05, 0) is 72.8 Å². The number of carbonyl (C=O) groups is 1.